The van der Waals surface area contributed by atoms with Crippen molar-refractivity contribution in [2.45, 2.75) is 18.6 Å². The summed E-state index contributed by atoms with van der Waals surface area (Å²) in [6, 6.07) is 9.29. The Balaban J connectivity index is 1.74. The highest BCUT2D eigenvalue weighted by molar-refractivity contribution is 5.81. The van der Waals surface area contributed by atoms with Crippen LogP contribution in [0.15, 0.2) is 35.1 Å². The number of hydrogen-bond donors (Lipinski definition) is 3. The van der Waals surface area contributed by atoms with E-state index < -0.39 is 17.8 Å². The van der Waals surface area contributed by atoms with E-state index in [1.807, 2.05) is 37.4 Å². The quantitative estimate of drug-likeness (QED) is 0.706. The summed E-state index contributed by atoms with van der Waals surface area (Å²) in [4.78, 5) is 28.6. The monoisotopic (exact) mass is 331 g/mol. The van der Waals surface area contributed by atoms with Crippen molar-refractivity contribution in [3.8, 4) is 0 Å². The van der Waals surface area contributed by atoms with Crippen LogP contribution in [0, 0.1) is 0 Å². The van der Waals surface area contributed by atoms with Gasteiger partial charge in [-0.1, -0.05) is 30.3 Å². The lowest BCUT2D eigenvalue weighted by atomic mass is 10.0. The van der Waals surface area contributed by atoms with Gasteiger partial charge in [0.05, 0.1) is 12.6 Å². The minimum atomic E-state index is -0.521. The molecule has 1 aromatic carbocycles. The Kier molecular flexibility index (Phi) is 5.07. The lowest BCUT2D eigenvalue weighted by Crippen LogP contribution is -2.49. The fraction of sp³-hybridized carbons (Fsp3) is 0.438. The Labute approximate surface area is 139 Å². The second-order valence-corrected chi connectivity index (χ2v) is 5.94. The summed E-state index contributed by atoms with van der Waals surface area (Å²) in [5.74, 6) is 0.202. The highest BCUT2D eigenvalue weighted by Crippen LogP contribution is 2.15. The first-order valence-corrected chi connectivity index (χ1v) is 7.91. The topological polar surface area (TPSA) is 103 Å². The van der Waals surface area contributed by atoms with Gasteiger partial charge in [0.1, 0.15) is 6.10 Å². The number of likely N-dealkylation sites (N-methyl/N-ethyl adjacent to an activating group) is 1. The van der Waals surface area contributed by atoms with Crippen LogP contribution >= 0.6 is 0 Å². The molecule has 2 unspecified atom stereocenters. The zero-order chi connectivity index (χ0) is 16.9. The Morgan fingerprint density at radius 1 is 1.46 bits per heavy atom. The molecule has 0 spiro atoms. The van der Waals surface area contributed by atoms with Gasteiger partial charge in [0, 0.05) is 13.1 Å². The molecule has 3 rings (SSSR count). The molecule has 0 bridgehead atoms. The van der Waals surface area contributed by atoms with Gasteiger partial charge in [-0.25, -0.2) is 9.89 Å². The van der Waals surface area contributed by atoms with Crippen molar-refractivity contribution < 1.29 is 9.53 Å². The summed E-state index contributed by atoms with van der Waals surface area (Å²) in [5, 5.41) is 9.25. The van der Waals surface area contributed by atoms with Gasteiger partial charge in [0.15, 0.2) is 5.82 Å². The summed E-state index contributed by atoms with van der Waals surface area (Å²) in [7, 11) is 1.95. The predicted octanol–water partition coefficient (Wildman–Crippen LogP) is -0.171. The standard InChI is InChI=1S/C16H21N5O3/c1-21-7-8-24-13(10-21)15(22)17-12(14-18-16(23)20-19-14)9-11-5-3-2-4-6-11/h2-6,12-13H,7-10H2,1H3,(H,17,22)(H2,18,19,20,23). The SMILES string of the molecule is CN1CCOC(C(=O)NC(Cc2ccccc2)c2n[nH]c(=O)[nH]2)C1. The summed E-state index contributed by atoms with van der Waals surface area (Å²) in [6.45, 7) is 1.88. The second-order valence-electron chi connectivity index (χ2n) is 5.94. The Morgan fingerprint density at radius 2 is 2.25 bits per heavy atom. The number of benzene rings is 1. The first kappa shape index (κ1) is 16.4. The molecule has 8 heteroatoms. The third kappa shape index (κ3) is 4.09. The van der Waals surface area contributed by atoms with Gasteiger partial charge in [0.25, 0.3) is 5.91 Å². The smallest absolute Gasteiger partial charge is 0.340 e. The summed E-state index contributed by atoms with van der Waals surface area (Å²) >= 11 is 0. The minimum Gasteiger partial charge on any atom is -0.366 e. The first-order valence-electron chi connectivity index (χ1n) is 7.91. The molecule has 1 aromatic heterocycles. The zero-order valence-corrected chi connectivity index (χ0v) is 13.5. The molecule has 2 atom stereocenters. The minimum absolute atomic E-state index is 0.202. The number of amides is 1. The van der Waals surface area contributed by atoms with Crippen molar-refractivity contribution >= 4 is 5.91 Å². The van der Waals surface area contributed by atoms with Crippen molar-refractivity contribution in [3.63, 3.8) is 0 Å². The maximum Gasteiger partial charge on any atom is 0.340 e. The van der Waals surface area contributed by atoms with Gasteiger partial charge in [-0.15, -0.1) is 0 Å². The fourth-order valence-corrected chi connectivity index (χ4v) is 2.72. The molecule has 1 saturated heterocycles. The molecular formula is C16H21N5O3. The number of hydrogen-bond acceptors (Lipinski definition) is 5. The van der Waals surface area contributed by atoms with Crippen molar-refractivity contribution in [2.24, 2.45) is 0 Å². The highest BCUT2D eigenvalue weighted by atomic mass is 16.5. The van der Waals surface area contributed by atoms with Crippen LogP contribution in [0.2, 0.25) is 0 Å². The number of carbonyl (C=O) groups is 1. The van der Waals surface area contributed by atoms with Gasteiger partial charge >= 0.3 is 5.69 Å². The molecule has 1 aliphatic heterocycles. The highest BCUT2D eigenvalue weighted by Gasteiger charge is 2.28. The molecule has 128 valence electrons. The summed E-state index contributed by atoms with van der Waals surface area (Å²) < 4.78 is 5.55. The second kappa shape index (κ2) is 7.41. The Hall–Kier alpha value is -2.45. The number of nitrogens with one attached hydrogen (secondary N) is 3. The molecule has 0 radical (unpaired) electrons. The third-order valence-corrected chi connectivity index (χ3v) is 4.01. The van der Waals surface area contributed by atoms with Crippen LogP contribution in [0.5, 0.6) is 0 Å². The lowest BCUT2D eigenvalue weighted by molar-refractivity contribution is -0.138. The molecule has 1 aliphatic rings. The maximum absolute atomic E-state index is 12.5. The molecule has 2 heterocycles. The largest absolute Gasteiger partial charge is 0.366 e. The van der Waals surface area contributed by atoms with Crippen molar-refractivity contribution in [3.05, 3.63) is 52.2 Å². The number of aromatic amines is 2. The van der Waals surface area contributed by atoms with E-state index in [9.17, 15) is 9.59 Å². The molecule has 2 aromatic rings. The average molecular weight is 331 g/mol. The van der Waals surface area contributed by atoms with Crippen LogP contribution in [0.3, 0.4) is 0 Å². The molecule has 1 fully saturated rings. The zero-order valence-electron chi connectivity index (χ0n) is 13.5. The number of carbonyl (C=O) groups excluding carboxylic acids is 1. The van der Waals surface area contributed by atoms with E-state index in [1.54, 1.807) is 0 Å². The van der Waals surface area contributed by atoms with E-state index in [0.717, 1.165) is 12.1 Å². The van der Waals surface area contributed by atoms with Gasteiger partial charge in [-0.3, -0.25) is 9.78 Å². The van der Waals surface area contributed by atoms with Crippen LogP contribution in [-0.4, -0.2) is 58.8 Å². The molecule has 0 aliphatic carbocycles. The molecule has 24 heavy (non-hydrogen) atoms. The first-order chi connectivity index (χ1) is 11.6. The molecular weight excluding hydrogens is 310 g/mol. The predicted molar refractivity (Wildman–Crippen MR) is 87.5 cm³/mol. The van der Waals surface area contributed by atoms with Gasteiger partial charge in [-0.2, -0.15) is 5.10 Å². The van der Waals surface area contributed by atoms with E-state index >= 15 is 0 Å². The number of ether oxygens (including phenoxy) is 1. The van der Waals surface area contributed by atoms with Crippen molar-refractivity contribution in [1.82, 2.24) is 25.4 Å². The summed E-state index contributed by atoms with van der Waals surface area (Å²) in [5.41, 5.74) is 0.638. The maximum atomic E-state index is 12.5. The van der Waals surface area contributed by atoms with Gasteiger partial charge in [-0.05, 0) is 19.0 Å². The number of nitrogens with zero attached hydrogens (tertiary/aromatic N) is 2. The van der Waals surface area contributed by atoms with E-state index in [-0.39, 0.29) is 5.91 Å². The number of rotatable bonds is 5. The van der Waals surface area contributed by atoms with Crippen molar-refractivity contribution in [1.29, 1.82) is 0 Å². The lowest BCUT2D eigenvalue weighted by Gasteiger charge is -2.30. The van der Waals surface area contributed by atoms with Crippen LogP contribution in [0.4, 0.5) is 0 Å². The van der Waals surface area contributed by atoms with Crippen LogP contribution in [-0.2, 0) is 16.0 Å². The molecule has 3 N–H and O–H groups in total. The van der Waals surface area contributed by atoms with E-state index in [2.05, 4.69) is 25.4 Å². The number of H-pyrrole nitrogens is 2. The molecule has 1 amide bonds. The van der Waals surface area contributed by atoms with E-state index in [1.165, 1.54) is 0 Å². The summed E-state index contributed by atoms with van der Waals surface area (Å²) in [6.07, 6.45) is 0.00308. The molecule has 0 saturated carbocycles. The normalized spacial score (nSPS) is 19.8. The van der Waals surface area contributed by atoms with Gasteiger partial charge < -0.3 is 15.0 Å². The average Bonchev–Trinajstić information content (AvgIpc) is 3.01. The van der Waals surface area contributed by atoms with Gasteiger partial charge in [0.2, 0.25) is 0 Å². The van der Waals surface area contributed by atoms with E-state index in [4.69, 9.17) is 4.74 Å². The van der Waals surface area contributed by atoms with Crippen LogP contribution in [0.1, 0.15) is 17.4 Å². The van der Waals surface area contributed by atoms with Crippen LogP contribution < -0.4 is 11.0 Å². The third-order valence-electron chi connectivity index (χ3n) is 4.01. The fourth-order valence-electron chi connectivity index (χ4n) is 2.72. The number of aromatic nitrogens is 3. The number of morpholine rings is 1. The van der Waals surface area contributed by atoms with Crippen LogP contribution in [0.25, 0.3) is 0 Å². The van der Waals surface area contributed by atoms with Crippen molar-refractivity contribution in [2.75, 3.05) is 26.7 Å². The van der Waals surface area contributed by atoms with E-state index in [0.29, 0.717) is 25.4 Å². The Morgan fingerprint density at radius 3 is 2.92 bits per heavy atom. The Bertz CT molecular complexity index is 727. The molecule has 8 nitrogen and oxygen atoms in total.